The van der Waals surface area contributed by atoms with Crippen LogP contribution in [0.15, 0.2) is 41.2 Å². The first-order valence-electron chi connectivity index (χ1n) is 10.2. The van der Waals surface area contributed by atoms with Crippen molar-refractivity contribution in [2.45, 2.75) is 39.2 Å². The van der Waals surface area contributed by atoms with Crippen molar-refractivity contribution in [2.75, 3.05) is 0 Å². The minimum Gasteiger partial charge on any atom is -0.345 e. The van der Waals surface area contributed by atoms with Crippen molar-refractivity contribution in [1.29, 1.82) is 0 Å². The van der Waals surface area contributed by atoms with Gasteiger partial charge in [-0.1, -0.05) is 24.2 Å². The molecule has 0 fully saturated rings. The van der Waals surface area contributed by atoms with Crippen LogP contribution in [-0.4, -0.2) is 25.6 Å². The molecule has 0 aliphatic heterocycles. The molecule has 0 radical (unpaired) electrons. The number of nitrogens with one attached hydrogen (secondary N) is 1. The van der Waals surface area contributed by atoms with Crippen LogP contribution in [-0.2, 0) is 19.9 Å². The van der Waals surface area contributed by atoms with E-state index in [2.05, 4.69) is 32.6 Å². The first-order chi connectivity index (χ1) is 14.5. The molecule has 152 valence electrons. The summed E-state index contributed by atoms with van der Waals surface area (Å²) in [6.45, 7) is 3.97. The lowest BCUT2D eigenvalue weighted by Crippen LogP contribution is -2.27. The Balaban J connectivity index is 1.40. The number of pyridine rings is 1. The van der Waals surface area contributed by atoms with E-state index in [-0.39, 0.29) is 11.9 Å². The SMILES string of the molecule is CCc1nc(-c2ccc3c(c2)CC[C@H]3NC(=O)c2cn(C)c3ncc(C)cc23)no1. The summed E-state index contributed by atoms with van der Waals surface area (Å²) in [4.78, 5) is 22.0. The summed E-state index contributed by atoms with van der Waals surface area (Å²) in [6.07, 6.45) is 6.17. The number of aryl methyl sites for hydroxylation is 4. The Bertz CT molecular complexity index is 1270. The zero-order valence-corrected chi connectivity index (χ0v) is 17.3. The molecule has 1 aromatic carbocycles. The molecule has 1 N–H and O–H groups in total. The molecular formula is C23H23N5O2. The van der Waals surface area contributed by atoms with Crippen LogP contribution in [0.25, 0.3) is 22.4 Å². The molecule has 4 aromatic rings. The number of carbonyl (C=O) groups excluding carboxylic acids is 1. The summed E-state index contributed by atoms with van der Waals surface area (Å²) in [5.41, 5.74) is 5.83. The highest BCUT2D eigenvalue weighted by Gasteiger charge is 2.26. The summed E-state index contributed by atoms with van der Waals surface area (Å²) in [7, 11) is 1.91. The molecule has 1 amide bonds. The number of rotatable bonds is 4. The van der Waals surface area contributed by atoms with E-state index in [1.165, 1.54) is 5.56 Å². The van der Waals surface area contributed by atoms with Gasteiger partial charge >= 0.3 is 0 Å². The highest BCUT2D eigenvalue weighted by molar-refractivity contribution is 6.06. The number of fused-ring (bicyclic) bond motifs is 2. The van der Waals surface area contributed by atoms with Gasteiger partial charge in [0.1, 0.15) is 5.65 Å². The average Bonchev–Trinajstić information content (AvgIpc) is 3.45. The fraction of sp³-hybridized carbons (Fsp3) is 0.304. The number of benzene rings is 1. The van der Waals surface area contributed by atoms with E-state index in [4.69, 9.17) is 4.52 Å². The van der Waals surface area contributed by atoms with Gasteiger partial charge in [0, 0.05) is 36.8 Å². The largest absolute Gasteiger partial charge is 0.345 e. The van der Waals surface area contributed by atoms with E-state index in [0.29, 0.717) is 17.3 Å². The fourth-order valence-electron chi connectivity index (χ4n) is 4.20. The maximum Gasteiger partial charge on any atom is 0.253 e. The summed E-state index contributed by atoms with van der Waals surface area (Å²) in [5, 5.41) is 8.16. The van der Waals surface area contributed by atoms with Crippen LogP contribution >= 0.6 is 0 Å². The molecule has 0 unspecified atom stereocenters. The van der Waals surface area contributed by atoms with E-state index in [0.717, 1.165) is 47.0 Å². The monoisotopic (exact) mass is 401 g/mol. The maximum atomic E-state index is 13.1. The molecule has 5 rings (SSSR count). The van der Waals surface area contributed by atoms with Gasteiger partial charge in [-0.05, 0) is 48.6 Å². The van der Waals surface area contributed by atoms with Gasteiger partial charge in [-0.3, -0.25) is 4.79 Å². The molecule has 1 aliphatic rings. The van der Waals surface area contributed by atoms with Crippen molar-refractivity contribution >= 4 is 16.9 Å². The minimum atomic E-state index is -0.0688. The van der Waals surface area contributed by atoms with Crippen LogP contribution in [0.3, 0.4) is 0 Å². The molecule has 30 heavy (non-hydrogen) atoms. The van der Waals surface area contributed by atoms with Crippen LogP contribution in [0.5, 0.6) is 0 Å². The van der Waals surface area contributed by atoms with Crippen LogP contribution < -0.4 is 5.32 Å². The summed E-state index contributed by atoms with van der Waals surface area (Å²) in [6, 6.07) is 8.18. The van der Waals surface area contributed by atoms with Gasteiger partial charge in [0.15, 0.2) is 0 Å². The molecule has 1 atom stereocenters. The fourth-order valence-corrected chi connectivity index (χ4v) is 4.20. The highest BCUT2D eigenvalue weighted by atomic mass is 16.5. The van der Waals surface area contributed by atoms with Crippen molar-refractivity contribution < 1.29 is 9.32 Å². The van der Waals surface area contributed by atoms with Crippen molar-refractivity contribution in [2.24, 2.45) is 7.05 Å². The second kappa shape index (κ2) is 7.09. The Morgan fingerprint density at radius 3 is 3.00 bits per heavy atom. The first-order valence-corrected chi connectivity index (χ1v) is 10.2. The predicted octanol–water partition coefficient (Wildman–Crippen LogP) is 3.91. The Kier molecular flexibility index (Phi) is 4.38. The summed E-state index contributed by atoms with van der Waals surface area (Å²) < 4.78 is 7.13. The van der Waals surface area contributed by atoms with E-state index < -0.39 is 0 Å². The molecule has 7 heteroatoms. The van der Waals surface area contributed by atoms with Crippen LogP contribution in [0, 0.1) is 6.92 Å². The Morgan fingerprint density at radius 2 is 2.20 bits per heavy atom. The number of amides is 1. The predicted molar refractivity (Wildman–Crippen MR) is 113 cm³/mol. The molecule has 0 saturated heterocycles. The molecule has 0 spiro atoms. The zero-order chi connectivity index (χ0) is 20.8. The quantitative estimate of drug-likeness (QED) is 0.560. The van der Waals surface area contributed by atoms with E-state index in [1.54, 1.807) is 0 Å². The van der Waals surface area contributed by atoms with Crippen LogP contribution in [0.4, 0.5) is 0 Å². The maximum absolute atomic E-state index is 13.1. The van der Waals surface area contributed by atoms with E-state index in [9.17, 15) is 4.79 Å². The number of hydrogen-bond donors (Lipinski definition) is 1. The molecule has 0 saturated carbocycles. The summed E-state index contributed by atoms with van der Waals surface area (Å²) >= 11 is 0. The van der Waals surface area contributed by atoms with E-state index in [1.807, 2.05) is 50.0 Å². The molecule has 0 bridgehead atoms. The Hall–Kier alpha value is -3.48. The molecule has 7 nitrogen and oxygen atoms in total. The zero-order valence-electron chi connectivity index (χ0n) is 17.3. The third-order valence-electron chi connectivity index (χ3n) is 5.75. The highest BCUT2D eigenvalue weighted by Crippen LogP contribution is 2.34. The second-order valence-corrected chi connectivity index (χ2v) is 7.88. The van der Waals surface area contributed by atoms with Crippen molar-refractivity contribution in [3.63, 3.8) is 0 Å². The minimum absolute atomic E-state index is 0.00829. The lowest BCUT2D eigenvalue weighted by Gasteiger charge is -2.14. The van der Waals surface area contributed by atoms with Gasteiger partial charge in [0.2, 0.25) is 11.7 Å². The number of nitrogens with zero attached hydrogens (tertiary/aromatic N) is 4. The van der Waals surface area contributed by atoms with Gasteiger partial charge in [0.25, 0.3) is 5.91 Å². The van der Waals surface area contributed by atoms with Crippen molar-refractivity contribution in [1.82, 2.24) is 25.0 Å². The number of aromatic nitrogens is 4. The number of hydrogen-bond acceptors (Lipinski definition) is 5. The lowest BCUT2D eigenvalue weighted by atomic mass is 10.0. The van der Waals surface area contributed by atoms with Gasteiger partial charge in [-0.2, -0.15) is 4.98 Å². The van der Waals surface area contributed by atoms with Crippen molar-refractivity contribution in [3.8, 4) is 11.4 Å². The first kappa shape index (κ1) is 18.5. The molecule has 3 heterocycles. The van der Waals surface area contributed by atoms with E-state index >= 15 is 0 Å². The topological polar surface area (TPSA) is 85.8 Å². The van der Waals surface area contributed by atoms with Gasteiger partial charge < -0.3 is 14.4 Å². The van der Waals surface area contributed by atoms with Gasteiger partial charge in [-0.25, -0.2) is 4.98 Å². The Morgan fingerprint density at radius 1 is 1.33 bits per heavy atom. The van der Waals surface area contributed by atoms with Crippen LogP contribution in [0.1, 0.15) is 52.3 Å². The summed E-state index contributed by atoms with van der Waals surface area (Å²) in [5.74, 6) is 1.18. The smallest absolute Gasteiger partial charge is 0.253 e. The van der Waals surface area contributed by atoms with Crippen molar-refractivity contribution in [3.05, 3.63) is 64.8 Å². The normalized spacial score (nSPS) is 15.5. The third kappa shape index (κ3) is 3.07. The van der Waals surface area contributed by atoms with Gasteiger partial charge in [0.05, 0.1) is 11.6 Å². The standard InChI is InChI=1S/C23H23N5O2/c1-4-20-26-21(27-30-20)15-5-7-16-14(10-15)6-8-19(16)25-23(29)18-12-28(3)22-17(18)9-13(2)11-24-22/h5,7,9-12,19H,4,6,8H2,1-3H3,(H,25,29)/t19-/m1/s1. The van der Waals surface area contributed by atoms with Gasteiger partial charge in [-0.15, -0.1) is 0 Å². The lowest BCUT2D eigenvalue weighted by molar-refractivity contribution is 0.0938. The average molecular weight is 401 g/mol. The molecule has 1 aliphatic carbocycles. The molecular weight excluding hydrogens is 378 g/mol. The second-order valence-electron chi connectivity index (χ2n) is 7.88. The molecule has 3 aromatic heterocycles. The van der Waals surface area contributed by atoms with Crippen LogP contribution in [0.2, 0.25) is 0 Å². The third-order valence-corrected chi connectivity index (χ3v) is 5.75. The number of carbonyl (C=O) groups is 1. The Labute approximate surface area is 174 Å².